The van der Waals surface area contributed by atoms with Crippen LogP contribution in [-0.4, -0.2) is 42.0 Å². The van der Waals surface area contributed by atoms with Crippen molar-refractivity contribution in [2.75, 3.05) is 21.2 Å². The van der Waals surface area contributed by atoms with Crippen molar-refractivity contribution in [3.63, 3.8) is 0 Å². The summed E-state index contributed by atoms with van der Waals surface area (Å²) in [4.78, 5) is 15.2. The number of amides is 1. The number of benzene rings is 1. The summed E-state index contributed by atoms with van der Waals surface area (Å²) in [6, 6.07) is 3.57. The summed E-state index contributed by atoms with van der Waals surface area (Å²) in [6.45, 7) is 0. The summed E-state index contributed by atoms with van der Waals surface area (Å²) in [7, 11) is 4.93. The van der Waals surface area contributed by atoms with Crippen molar-refractivity contribution >= 4 is 56.8 Å². The monoisotopic (exact) mass is 374 g/mol. The Labute approximate surface area is 136 Å². The Bertz CT molecular complexity index is 633. The summed E-state index contributed by atoms with van der Waals surface area (Å²) >= 11 is 14.7. The number of carbonyl (C=O) groups is 1. The molecule has 1 aromatic rings. The van der Waals surface area contributed by atoms with Crippen molar-refractivity contribution in [2.45, 2.75) is 0 Å². The van der Waals surface area contributed by atoms with Gasteiger partial charge in [0.2, 0.25) is 0 Å². The molecule has 1 aliphatic heterocycles. The van der Waals surface area contributed by atoms with E-state index in [1.165, 1.54) is 12.0 Å². The number of nitrogens with zero attached hydrogens (tertiary/aromatic N) is 2. The molecule has 2 rings (SSSR count). The largest absolute Gasteiger partial charge is 0.495 e. The highest BCUT2D eigenvalue weighted by Gasteiger charge is 2.33. The van der Waals surface area contributed by atoms with Crippen LogP contribution >= 0.6 is 39.7 Å². The van der Waals surface area contributed by atoms with Crippen LogP contribution in [0.25, 0.3) is 6.08 Å². The highest BCUT2D eigenvalue weighted by Crippen LogP contribution is 2.34. The topological polar surface area (TPSA) is 32.8 Å². The van der Waals surface area contributed by atoms with Crippen LogP contribution in [0.4, 0.5) is 0 Å². The van der Waals surface area contributed by atoms with Crippen LogP contribution in [0.3, 0.4) is 0 Å². The quantitative estimate of drug-likeness (QED) is 0.587. The van der Waals surface area contributed by atoms with E-state index in [2.05, 4.69) is 15.9 Å². The molecule has 20 heavy (non-hydrogen) atoms. The fourth-order valence-electron chi connectivity index (χ4n) is 1.94. The van der Waals surface area contributed by atoms with E-state index in [-0.39, 0.29) is 5.91 Å². The number of likely N-dealkylation sites (N-methyl/N-ethyl adjacent to an activating group) is 2. The minimum atomic E-state index is -0.157. The van der Waals surface area contributed by atoms with E-state index in [1.54, 1.807) is 31.1 Å². The second-order valence-electron chi connectivity index (χ2n) is 4.25. The van der Waals surface area contributed by atoms with Gasteiger partial charge in [0.1, 0.15) is 11.4 Å². The molecule has 1 saturated heterocycles. The van der Waals surface area contributed by atoms with E-state index >= 15 is 0 Å². The molecular formula is C13H12BrClN2O2S. The molecule has 1 amide bonds. The van der Waals surface area contributed by atoms with Gasteiger partial charge in [-0.2, -0.15) is 0 Å². The van der Waals surface area contributed by atoms with E-state index in [9.17, 15) is 4.79 Å². The fourth-order valence-corrected chi connectivity index (χ4v) is 3.03. The molecule has 106 valence electrons. The first-order valence-corrected chi connectivity index (χ1v) is 7.25. The standard InChI is InChI=1S/C13H12BrClN2O2S/c1-16-10(12(18)17(2)13(16)20)5-7-4-8(14)6-9(15)11(7)19-3/h4-6H,1-3H3/b10-5-. The van der Waals surface area contributed by atoms with Crippen molar-refractivity contribution < 1.29 is 9.53 Å². The number of methoxy groups -OCH3 is 1. The summed E-state index contributed by atoms with van der Waals surface area (Å²) in [5, 5.41) is 0.930. The Kier molecular flexibility index (Phi) is 4.36. The van der Waals surface area contributed by atoms with E-state index in [0.29, 0.717) is 27.1 Å². The van der Waals surface area contributed by atoms with Gasteiger partial charge in [0, 0.05) is 24.1 Å². The molecule has 7 heteroatoms. The number of hydrogen-bond acceptors (Lipinski definition) is 3. The number of ether oxygens (including phenoxy) is 1. The van der Waals surface area contributed by atoms with Gasteiger partial charge < -0.3 is 9.64 Å². The lowest BCUT2D eigenvalue weighted by atomic mass is 10.1. The van der Waals surface area contributed by atoms with Crippen molar-refractivity contribution in [3.05, 3.63) is 32.9 Å². The lowest BCUT2D eigenvalue weighted by Gasteiger charge is -2.12. The van der Waals surface area contributed by atoms with Crippen molar-refractivity contribution in [1.29, 1.82) is 0 Å². The van der Waals surface area contributed by atoms with E-state index in [4.69, 9.17) is 28.6 Å². The maximum Gasteiger partial charge on any atom is 0.276 e. The van der Waals surface area contributed by atoms with Gasteiger partial charge in [0.05, 0.1) is 12.1 Å². The molecule has 0 atom stereocenters. The van der Waals surface area contributed by atoms with Crippen LogP contribution < -0.4 is 4.74 Å². The van der Waals surface area contributed by atoms with Gasteiger partial charge in [-0.3, -0.25) is 9.69 Å². The predicted molar refractivity (Wildman–Crippen MR) is 86.8 cm³/mol. The number of thiocarbonyl (C=S) groups is 1. The second-order valence-corrected chi connectivity index (χ2v) is 5.93. The zero-order valence-corrected chi connectivity index (χ0v) is 14.3. The van der Waals surface area contributed by atoms with Gasteiger partial charge in [-0.15, -0.1) is 0 Å². The molecule has 0 bridgehead atoms. The first-order valence-electron chi connectivity index (χ1n) is 5.67. The first kappa shape index (κ1) is 15.3. The Hall–Kier alpha value is -1.11. The highest BCUT2D eigenvalue weighted by atomic mass is 79.9. The molecule has 0 saturated carbocycles. The Morgan fingerprint density at radius 3 is 2.50 bits per heavy atom. The van der Waals surface area contributed by atoms with Crippen LogP contribution in [0.1, 0.15) is 5.56 Å². The predicted octanol–water partition coefficient (Wildman–Crippen LogP) is 3.14. The summed E-state index contributed by atoms with van der Waals surface area (Å²) in [5.74, 6) is 0.361. The van der Waals surface area contributed by atoms with Crippen LogP contribution in [0.15, 0.2) is 22.3 Å². The molecule has 0 spiro atoms. The van der Waals surface area contributed by atoms with Gasteiger partial charge in [0.25, 0.3) is 5.91 Å². The fraction of sp³-hybridized carbons (Fsp3) is 0.231. The van der Waals surface area contributed by atoms with Crippen LogP contribution in [0.5, 0.6) is 5.75 Å². The SMILES string of the molecule is COc1c(Cl)cc(Br)cc1/C=C1/C(=O)N(C)C(=S)N1C. The Morgan fingerprint density at radius 2 is 2.00 bits per heavy atom. The first-order chi connectivity index (χ1) is 9.36. The van der Waals surface area contributed by atoms with E-state index in [0.717, 1.165) is 4.47 Å². The van der Waals surface area contributed by atoms with E-state index in [1.807, 2.05) is 6.07 Å². The number of halogens is 2. The van der Waals surface area contributed by atoms with Gasteiger partial charge >= 0.3 is 0 Å². The molecule has 0 N–H and O–H groups in total. The molecule has 1 heterocycles. The molecule has 1 aromatic carbocycles. The van der Waals surface area contributed by atoms with E-state index < -0.39 is 0 Å². The molecular weight excluding hydrogens is 364 g/mol. The zero-order valence-electron chi connectivity index (χ0n) is 11.1. The smallest absolute Gasteiger partial charge is 0.276 e. The third kappa shape index (κ3) is 2.55. The molecule has 0 unspecified atom stereocenters. The number of rotatable bonds is 2. The molecule has 0 aliphatic carbocycles. The van der Waals surface area contributed by atoms with Gasteiger partial charge in [-0.25, -0.2) is 0 Å². The summed E-state index contributed by atoms with van der Waals surface area (Å²) in [6.07, 6.45) is 1.72. The zero-order chi connectivity index (χ0) is 15.0. The lowest BCUT2D eigenvalue weighted by Crippen LogP contribution is -2.26. The van der Waals surface area contributed by atoms with Gasteiger partial charge in [0.15, 0.2) is 5.11 Å². The molecule has 1 aliphatic rings. The average molecular weight is 376 g/mol. The maximum absolute atomic E-state index is 12.1. The normalized spacial score (nSPS) is 17.4. The summed E-state index contributed by atoms with van der Waals surface area (Å²) in [5.41, 5.74) is 1.19. The van der Waals surface area contributed by atoms with Crippen LogP contribution in [0.2, 0.25) is 5.02 Å². The third-order valence-electron chi connectivity index (χ3n) is 2.99. The highest BCUT2D eigenvalue weighted by molar-refractivity contribution is 9.10. The van der Waals surface area contributed by atoms with Crippen LogP contribution in [0, 0.1) is 0 Å². The van der Waals surface area contributed by atoms with Crippen LogP contribution in [-0.2, 0) is 4.79 Å². The number of hydrogen-bond donors (Lipinski definition) is 0. The molecule has 4 nitrogen and oxygen atoms in total. The average Bonchev–Trinajstić information content (AvgIpc) is 2.56. The molecule has 1 fully saturated rings. The third-order valence-corrected chi connectivity index (χ3v) is 4.28. The Balaban J connectivity index is 2.56. The van der Waals surface area contributed by atoms with Gasteiger partial charge in [-0.05, 0) is 30.4 Å². The second kappa shape index (κ2) is 5.71. The molecule has 0 aromatic heterocycles. The van der Waals surface area contributed by atoms with Crippen molar-refractivity contribution in [2.24, 2.45) is 0 Å². The minimum absolute atomic E-state index is 0.157. The lowest BCUT2D eigenvalue weighted by molar-refractivity contribution is -0.121. The molecule has 0 radical (unpaired) electrons. The maximum atomic E-state index is 12.1. The van der Waals surface area contributed by atoms with Crippen molar-refractivity contribution in [1.82, 2.24) is 9.80 Å². The minimum Gasteiger partial charge on any atom is -0.495 e. The van der Waals surface area contributed by atoms with Gasteiger partial charge in [-0.1, -0.05) is 27.5 Å². The summed E-state index contributed by atoms with van der Waals surface area (Å²) < 4.78 is 6.10. The van der Waals surface area contributed by atoms with Crippen molar-refractivity contribution in [3.8, 4) is 5.75 Å². The number of carbonyl (C=O) groups excluding carboxylic acids is 1. The Morgan fingerprint density at radius 1 is 1.35 bits per heavy atom.